The first-order valence-corrected chi connectivity index (χ1v) is 7.86. The minimum absolute atomic E-state index is 0.0485. The van der Waals surface area contributed by atoms with Crippen molar-refractivity contribution in [1.29, 1.82) is 0 Å². The second kappa shape index (κ2) is 7.87. The molecule has 2 unspecified atom stereocenters. The van der Waals surface area contributed by atoms with Gasteiger partial charge in [-0.25, -0.2) is 0 Å². The lowest BCUT2D eigenvalue weighted by molar-refractivity contribution is 0.0921. The standard InChI is InChI=1S/C18H25NO3/c1-4-10-22-16-9-8-14(12-17(16)21-3)18(20)19-15-7-5-6-13(2)11-15/h4,8-9,12-13,15H,1,5-7,10-11H2,2-3H3,(H,19,20). The molecule has 4 heteroatoms. The number of ether oxygens (including phenoxy) is 2. The fourth-order valence-electron chi connectivity index (χ4n) is 2.91. The summed E-state index contributed by atoms with van der Waals surface area (Å²) < 4.78 is 10.8. The van der Waals surface area contributed by atoms with Crippen LogP contribution in [-0.2, 0) is 0 Å². The Balaban J connectivity index is 2.04. The molecule has 0 bridgehead atoms. The summed E-state index contributed by atoms with van der Waals surface area (Å²) in [6, 6.07) is 5.53. The van der Waals surface area contributed by atoms with Crippen molar-refractivity contribution in [3.63, 3.8) is 0 Å². The van der Waals surface area contributed by atoms with E-state index in [-0.39, 0.29) is 11.9 Å². The highest BCUT2D eigenvalue weighted by atomic mass is 16.5. The van der Waals surface area contributed by atoms with Crippen molar-refractivity contribution in [3.8, 4) is 11.5 Å². The molecule has 22 heavy (non-hydrogen) atoms. The van der Waals surface area contributed by atoms with Gasteiger partial charge in [0, 0.05) is 11.6 Å². The molecule has 1 aliphatic rings. The van der Waals surface area contributed by atoms with Gasteiger partial charge < -0.3 is 14.8 Å². The highest BCUT2D eigenvalue weighted by Crippen LogP contribution is 2.28. The van der Waals surface area contributed by atoms with E-state index in [1.54, 1.807) is 31.4 Å². The number of benzene rings is 1. The zero-order chi connectivity index (χ0) is 15.9. The van der Waals surface area contributed by atoms with Crippen LogP contribution < -0.4 is 14.8 Å². The minimum Gasteiger partial charge on any atom is -0.493 e. The van der Waals surface area contributed by atoms with E-state index in [0.29, 0.717) is 29.6 Å². The number of carbonyl (C=O) groups is 1. The van der Waals surface area contributed by atoms with Crippen LogP contribution in [0.2, 0.25) is 0 Å². The van der Waals surface area contributed by atoms with Gasteiger partial charge in [0.25, 0.3) is 5.91 Å². The summed E-state index contributed by atoms with van der Waals surface area (Å²) in [4.78, 5) is 12.4. The Bertz CT molecular complexity index is 527. The van der Waals surface area contributed by atoms with Crippen LogP contribution in [0.4, 0.5) is 0 Å². The van der Waals surface area contributed by atoms with E-state index in [1.165, 1.54) is 12.8 Å². The Morgan fingerprint density at radius 3 is 2.91 bits per heavy atom. The molecule has 0 saturated heterocycles. The third-order valence-corrected chi connectivity index (χ3v) is 4.05. The number of nitrogens with one attached hydrogen (secondary N) is 1. The van der Waals surface area contributed by atoms with E-state index in [4.69, 9.17) is 9.47 Å². The molecule has 120 valence electrons. The number of methoxy groups -OCH3 is 1. The largest absolute Gasteiger partial charge is 0.493 e. The van der Waals surface area contributed by atoms with Gasteiger partial charge in [-0.1, -0.05) is 32.4 Å². The highest BCUT2D eigenvalue weighted by molar-refractivity contribution is 5.95. The fraction of sp³-hybridized carbons (Fsp3) is 0.500. The van der Waals surface area contributed by atoms with Gasteiger partial charge in [-0.05, 0) is 37.0 Å². The van der Waals surface area contributed by atoms with Gasteiger partial charge in [-0.15, -0.1) is 0 Å². The Morgan fingerprint density at radius 1 is 1.41 bits per heavy atom. The lowest BCUT2D eigenvalue weighted by Crippen LogP contribution is -2.37. The molecule has 0 aliphatic heterocycles. The molecule has 1 aromatic rings. The Hall–Kier alpha value is -1.97. The van der Waals surface area contributed by atoms with Gasteiger partial charge in [-0.3, -0.25) is 4.79 Å². The van der Waals surface area contributed by atoms with Crippen molar-refractivity contribution in [2.75, 3.05) is 13.7 Å². The van der Waals surface area contributed by atoms with Gasteiger partial charge in [0.15, 0.2) is 11.5 Å². The van der Waals surface area contributed by atoms with E-state index in [2.05, 4.69) is 18.8 Å². The van der Waals surface area contributed by atoms with Gasteiger partial charge >= 0.3 is 0 Å². The maximum atomic E-state index is 12.4. The van der Waals surface area contributed by atoms with Crippen molar-refractivity contribution in [1.82, 2.24) is 5.32 Å². The van der Waals surface area contributed by atoms with E-state index < -0.39 is 0 Å². The van der Waals surface area contributed by atoms with E-state index >= 15 is 0 Å². The van der Waals surface area contributed by atoms with Crippen molar-refractivity contribution < 1.29 is 14.3 Å². The van der Waals surface area contributed by atoms with Crippen molar-refractivity contribution in [2.24, 2.45) is 5.92 Å². The number of hydrogen-bond donors (Lipinski definition) is 1. The fourth-order valence-corrected chi connectivity index (χ4v) is 2.91. The number of amides is 1. The van der Waals surface area contributed by atoms with Crippen LogP contribution in [0.25, 0.3) is 0 Å². The number of carbonyl (C=O) groups excluding carboxylic acids is 1. The second-order valence-corrected chi connectivity index (χ2v) is 5.91. The van der Waals surface area contributed by atoms with Crippen LogP contribution in [0.15, 0.2) is 30.9 Å². The van der Waals surface area contributed by atoms with Crippen LogP contribution in [0, 0.1) is 5.92 Å². The van der Waals surface area contributed by atoms with Gasteiger partial charge in [0.1, 0.15) is 6.61 Å². The van der Waals surface area contributed by atoms with Crippen LogP contribution >= 0.6 is 0 Å². The predicted molar refractivity (Wildman–Crippen MR) is 87.6 cm³/mol. The number of rotatable bonds is 6. The first-order valence-electron chi connectivity index (χ1n) is 7.86. The summed E-state index contributed by atoms with van der Waals surface area (Å²) in [5.74, 6) is 1.81. The SMILES string of the molecule is C=CCOc1ccc(C(=O)NC2CCCC(C)C2)cc1OC. The summed E-state index contributed by atoms with van der Waals surface area (Å²) in [6.07, 6.45) is 6.24. The van der Waals surface area contributed by atoms with Crippen LogP contribution in [0.3, 0.4) is 0 Å². The first-order chi connectivity index (χ1) is 10.6. The Kier molecular flexibility index (Phi) is 5.87. The van der Waals surface area contributed by atoms with Crippen LogP contribution in [-0.4, -0.2) is 25.7 Å². The molecule has 0 spiro atoms. The molecule has 0 aromatic heterocycles. The van der Waals surface area contributed by atoms with Crippen LogP contribution in [0.5, 0.6) is 11.5 Å². The molecule has 1 saturated carbocycles. The molecule has 1 N–H and O–H groups in total. The zero-order valence-corrected chi connectivity index (χ0v) is 13.4. The lowest BCUT2D eigenvalue weighted by atomic mass is 9.87. The molecular weight excluding hydrogens is 278 g/mol. The topological polar surface area (TPSA) is 47.6 Å². The van der Waals surface area contributed by atoms with E-state index in [9.17, 15) is 4.79 Å². The Labute approximate surface area is 132 Å². The summed E-state index contributed by atoms with van der Waals surface area (Å²) in [5.41, 5.74) is 0.598. The maximum Gasteiger partial charge on any atom is 0.251 e. The smallest absolute Gasteiger partial charge is 0.251 e. The monoisotopic (exact) mass is 303 g/mol. The quantitative estimate of drug-likeness (QED) is 0.817. The zero-order valence-electron chi connectivity index (χ0n) is 13.4. The van der Waals surface area contributed by atoms with Crippen molar-refractivity contribution in [2.45, 2.75) is 38.6 Å². The molecule has 2 rings (SSSR count). The summed E-state index contributed by atoms with van der Waals surface area (Å²) in [5, 5.41) is 3.13. The molecule has 0 heterocycles. The summed E-state index contributed by atoms with van der Waals surface area (Å²) >= 11 is 0. The average molecular weight is 303 g/mol. The molecule has 2 atom stereocenters. The van der Waals surface area contributed by atoms with Gasteiger partial charge in [0.05, 0.1) is 7.11 Å². The molecular formula is C18H25NO3. The van der Waals surface area contributed by atoms with Crippen molar-refractivity contribution in [3.05, 3.63) is 36.4 Å². The van der Waals surface area contributed by atoms with Crippen molar-refractivity contribution >= 4 is 5.91 Å². The van der Waals surface area contributed by atoms with Gasteiger partial charge in [0.2, 0.25) is 0 Å². The first kappa shape index (κ1) is 16.4. The van der Waals surface area contributed by atoms with Crippen LogP contribution in [0.1, 0.15) is 43.0 Å². The van der Waals surface area contributed by atoms with E-state index in [0.717, 1.165) is 12.8 Å². The second-order valence-electron chi connectivity index (χ2n) is 5.91. The molecule has 0 radical (unpaired) electrons. The average Bonchev–Trinajstić information content (AvgIpc) is 2.52. The third kappa shape index (κ3) is 4.26. The minimum atomic E-state index is -0.0485. The molecule has 1 aromatic carbocycles. The van der Waals surface area contributed by atoms with Gasteiger partial charge in [-0.2, -0.15) is 0 Å². The molecule has 1 aliphatic carbocycles. The summed E-state index contributed by atoms with van der Waals surface area (Å²) in [7, 11) is 1.57. The highest BCUT2D eigenvalue weighted by Gasteiger charge is 2.21. The predicted octanol–water partition coefficient (Wildman–Crippen LogP) is 3.57. The lowest BCUT2D eigenvalue weighted by Gasteiger charge is -2.27. The maximum absolute atomic E-state index is 12.4. The number of hydrogen-bond acceptors (Lipinski definition) is 3. The van der Waals surface area contributed by atoms with E-state index in [1.807, 2.05) is 0 Å². The normalized spacial score (nSPS) is 21.0. The molecule has 4 nitrogen and oxygen atoms in total. The third-order valence-electron chi connectivity index (χ3n) is 4.05. The summed E-state index contributed by atoms with van der Waals surface area (Å²) in [6.45, 7) is 6.27. The molecule has 1 fully saturated rings. The Morgan fingerprint density at radius 2 is 2.23 bits per heavy atom. The molecule has 1 amide bonds.